The SMILES string of the molecule is Cc1cc(NC(=O)Cn2nc(-c3cccs3)ccc2=O)on1. The second-order valence-corrected chi connectivity index (χ2v) is 5.52. The van der Waals surface area contributed by atoms with Gasteiger partial charge in [0, 0.05) is 12.1 Å². The van der Waals surface area contributed by atoms with E-state index >= 15 is 0 Å². The molecule has 0 fully saturated rings. The quantitative estimate of drug-likeness (QED) is 0.794. The highest BCUT2D eigenvalue weighted by atomic mass is 32.1. The molecule has 3 aromatic heterocycles. The maximum Gasteiger partial charge on any atom is 0.267 e. The molecule has 0 saturated heterocycles. The molecule has 0 bridgehead atoms. The summed E-state index contributed by atoms with van der Waals surface area (Å²) in [7, 11) is 0. The number of aryl methyl sites for hydroxylation is 1. The van der Waals surface area contributed by atoms with E-state index in [9.17, 15) is 9.59 Å². The summed E-state index contributed by atoms with van der Waals surface area (Å²) >= 11 is 1.51. The van der Waals surface area contributed by atoms with Gasteiger partial charge >= 0.3 is 0 Å². The lowest BCUT2D eigenvalue weighted by molar-refractivity contribution is -0.117. The van der Waals surface area contributed by atoms with Crippen LogP contribution in [-0.4, -0.2) is 20.8 Å². The van der Waals surface area contributed by atoms with Crippen LogP contribution in [0.2, 0.25) is 0 Å². The fourth-order valence-corrected chi connectivity index (χ4v) is 2.54. The van der Waals surface area contributed by atoms with E-state index in [2.05, 4.69) is 15.6 Å². The van der Waals surface area contributed by atoms with Crippen LogP contribution in [0.4, 0.5) is 5.88 Å². The molecule has 112 valence electrons. The van der Waals surface area contributed by atoms with E-state index in [-0.39, 0.29) is 18.0 Å². The molecule has 1 amide bonds. The normalized spacial score (nSPS) is 10.6. The number of thiophene rings is 1. The van der Waals surface area contributed by atoms with E-state index in [0.717, 1.165) is 9.56 Å². The zero-order valence-corrected chi connectivity index (χ0v) is 12.5. The van der Waals surface area contributed by atoms with Gasteiger partial charge in [0.15, 0.2) is 0 Å². The first kappa shape index (κ1) is 14.2. The van der Waals surface area contributed by atoms with Crippen molar-refractivity contribution in [3.05, 3.63) is 51.8 Å². The number of anilines is 1. The minimum atomic E-state index is -0.408. The van der Waals surface area contributed by atoms with Crippen LogP contribution in [0.3, 0.4) is 0 Å². The monoisotopic (exact) mass is 316 g/mol. The van der Waals surface area contributed by atoms with E-state index in [1.807, 2.05) is 17.5 Å². The maximum absolute atomic E-state index is 11.9. The van der Waals surface area contributed by atoms with Crippen LogP contribution in [0.15, 0.2) is 45.0 Å². The molecular formula is C14H12N4O3S. The molecule has 0 aliphatic rings. The van der Waals surface area contributed by atoms with Crippen LogP contribution in [0.1, 0.15) is 5.69 Å². The third kappa shape index (κ3) is 3.12. The molecule has 0 radical (unpaired) electrons. The third-order valence-electron chi connectivity index (χ3n) is 2.82. The van der Waals surface area contributed by atoms with Crippen LogP contribution < -0.4 is 10.9 Å². The summed E-state index contributed by atoms with van der Waals surface area (Å²) in [5.41, 5.74) is 0.965. The molecule has 0 aliphatic carbocycles. The minimum Gasteiger partial charge on any atom is -0.338 e. The molecule has 0 spiro atoms. The Bertz CT molecular complexity index is 851. The van der Waals surface area contributed by atoms with E-state index in [1.54, 1.807) is 19.1 Å². The van der Waals surface area contributed by atoms with Crippen LogP contribution in [0, 0.1) is 6.92 Å². The number of nitrogens with zero attached hydrogens (tertiary/aromatic N) is 3. The zero-order chi connectivity index (χ0) is 15.5. The Balaban J connectivity index is 1.78. The van der Waals surface area contributed by atoms with Gasteiger partial charge in [0.05, 0.1) is 10.6 Å². The smallest absolute Gasteiger partial charge is 0.267 e. The molecule has 3 heterocycles. The first-order valence-corrected chi connectivity index (χ1v) is 7.35. The van der Waals surface area contributed by atoms with Gasteiger partial charge in [-0.3, -0.25) is 14.9 Å². The third-order valence-corrected chi connectivity index (χ3v) is 3.72. The van der Waals surface area contributed by atoms with Gasteiger partial charge in [0.25, 0.3) is 5.56 Å². The van der Waals surface area contributed by atoms with Crippen molar-refractivity contribution in [3.8, 4) is 10.6 Å². The van der Waals surface area contributed by atoms with Crippen LogP contribution in [0.5, 0.6) is 0 Å². The summed E-state index contributed by atoms with van der Waals surface area (Å²) in [6, 6.07) is 8.43. The number of hydrogen-bond acceptors (Lipinski definition) is 6. The van der Waals surface area contributed by atoms with E-state index in [1.165, 1.54) is 17.4 Å². The minimum absolute atomic E-state index is 0.197. The molecule has 1 N–H and O–H groups in total. The molecule has 0 aliphatic heterocycles. The van der Waals surface area contributed by atoms with Gasteiger partial charge in [0.1, 0.15) is 12.2 Å². The average molecular weight is 316 g/mol. The molecule has 0 saturated carbocycles. The molecule has 22 heavy (non-hydrogen) atoms. The zero-order valence-electron chi connectivity index (χ0n) is 11.6. The van der Waals surface area contributed by atoms with Crippen molar-refractivity contribution in [1.29, 1.82) is 0 Å². The molecular weight excluding hydrogens is 304 g/mol. The predicted molar refractivity (Wildman–Crippen MR) is 81.7 cm³/mol. The number of carbonyl (C=O) groups is 1. The highest BCUT2D eigenvalue weighted by Gasteiger charge is 2.10. The Hall–Kier alpha value is -2.74. The summed E-state index contributed by atoms with van der Waals surface area (Å²) in [5, 5.41) is 12.3. The number of aromatic nitrogens is 3. The lowest BCUT2D eigenvalue weighted by atomic mass is 10.3. The molecule has 0 unspecified atom stereocenters. The van der Waals surface area contributed by atoms with Gasteiger partial charge in [-0.1, -0.05) is 11.2 Å². The fourth-order valence-electron chi connectivity index (χ4n) is 1.85. The lowest BCUT2D eigenvalue weighted by Crippen LogP contribution is -2.29. The van der Waals surface area contributed by atoms with Gasteiger partial charge in [-0.05, 0) is 24.4 Å². The summed E-state index contributed by atoms with van der Waals surface area (Å²) in [6.45, 7) is 1.55. The molecule has 3 aromatic rings. The Morgan fingerprint density at radius 1 is 1.41 bits per heavy atom. The number of nitrogens with one attached hydrogen (secondary N) is 1. The Kier molecular flexibility index (Phi) is 3.84. The van der Waals surface area contributed by atoms with Crippen molar-refractivity contribution < 1.29 is 9.32 Å². The fraction of sp³-hybridized carbons (Fsp3) is 0.143. The van der Waals surface area contributed by atoms with Crippen molar-refractivity contribution in [1.82, 2.24) is 14.9 Å². The topological polar surface area (TPSA) is 90.0 Å². The van der Waals surface area contributed by atoms with Crippen molar-refractivity contribution >= 4 is 23.1 Å². The summed E-state index contributed by atoms with van der Waals surface area (Å²) in [6.07, 6.45) is 0. The number of rotatable bonds is 4. The van der Waals surface area contributed by atoms with Gasteiger partial charge in [-0.15, -0.1) is 11.3 Å². The second-order valence-electron chi connectivity index (χ2n) is 4.57. The highest BCUT2D eigenvalue weighted by molar-refractivity contribution is 7.13. The largest absolute Gasteiger partial charge is 0.338 e. The van der Waals surface area contributed by atoms with Gasteiger partial charge in [0.2, 0.25) is 11.8 Å². The maximum atomic E-state index is 11.9. The molecule has 8 heteroatoms. The molecule has 0 aromatic carbocycles. The molecule has 0 atom stereocenters. The van der Waals surface area contributed by atoms with E-state index in [0.29, 0.717) is 11.4 Å². The predicted octanol–water partition coefficient (Wildman–Crippen LogP) is 1.91. The van der Waals surface area contributed by atoms with E-state index in [4.69, 9.17) is 4.52 Å². The second kappa shape index (κ2) is 5.94. The number of carbonyl (C=O) groups excluding carboxylic acids is 1. The van der Waals surface area contributed by atoms with Crippen molar-refractivity contribution in [2.75, 3.05) is 5.32 Å². The molecule has 3 rings (SSSR count). The number of hydrogen-bond donors (Lipinski definition) is 1. The van der Waals surface area contributed by atoms with Crippen molar-refractivity contribution in [2.45, 2.75) is 13.5 Å². The van der Waals surface area contributed by atoms with Gasteiger partial charge in [-0.2, -0.15) is 5.10 Å². The highest BCUT2D eigenvalue weighted by Crippen LogP contribution is 2.21. The Labute approximate surface area is 129 Å². The average Bonchev–Trinajstić information content (AvgIpc) is 3.13. The van der Waals surface area contributed by atoms with Crippen molar-refractivity contribution in [3.63, 3.8) is 0 Å². The standard InChI is InChI=1S/C14H12N4O3S/c1-9-7-13(21-17-9)15-12(19)8-18-14(20)5-4-10(16-18)11-3-2-6-22-11/h2-7H,8H2,1H3,(H,15,19). The Morgan fingerprint density at radius 2 is 2.27 bits per heavy atom. The van der Waals surface area contributed by atoms with Crippen LogP contribution in [-0.2, 0) is 11.3 Å². The van der Waals surface area contributed by atoms with Gasteiger partial charge in [-0.25, -0.2) is 4.68 Å². The van der Waals surface area contributed by atoms with Gasteiger partial charge < -0.3 is 4.52 Å². The summed E-state index contributed by atoms with van der Waals surface area (Å²) < 4.78 is 6.02. The van der Waals surface area contributed by atoms with E-state index < -0.39 is 5.91 Å². The molecule has 7 nitrogen and oxygen atoms in total. The lowest BCUT2D eigenvalue weighted by Gasteiger charge is -2.05. The Morgan fingerprint density at radius 3 is 2.95 bits per heavy atom. The van der Waals surface area contributed by atoms with Crippen LogP contribution in [0.25, 0.3) is 10.6 Å². The number of amides is 1. The summed E-state index contributed by atoms with van der Waals surface area (Å²) in [4.78, 5) is 24.7. The van der Waals surface area contributed by atoms with Crippen molar-refractivity contribution in [2.24, 2.45) is 0 Å². The summed E-state index contributed by atoms with van der Waals surface area (Å²) in [5.74, 6) is -0.168. The first-order chi connectivity index (χ1) is 10.6. The van der Waals surface area contributed by atoms with Crippen LogP contribution >= 0.6 is 11.3 Å². The first-order valence-electron chi connectivity index (χ1n) is 6.47.